The third kappa shape index (κ3) is 5.85. The second kappa shape index (κ2) is 9.69. The molecule has 1 aromatic rings. The van der Waals surface area contributed by atoms with E-state index in [1.54, 1.807) is 6.07 Å². The molecule has 2 N–H and O–H groups in total. The van der Waals surface area contributed by atoms with Crippen molar-refractivity contribution in [3.05, 3.63) is 35.4 Å². The number of carbonyl (C=O) groups excluding carboxylic acids is 1. The van der Waals surface area contributed by atoms with Gasteiger partial charge in [0.1, 0.15) is 0 Å². The van der Waals surface area contributed by atoms with Gasteiger partial charge in [-0.1, -0.05) is 60.6 Å². The van der Waals surface area contributed by atoms with Crippen LogP contribution in [0.15, 0.2) is 24.3 Å². The fourth-order valence-electron chi connectivity index (χ4n) is 1.30. The van der Waals surface area contributed by atoms with Crippen LogP contribution in [0.5, 0.6) is 0 Å². The minimum atomic E-state index is -0.362. The maximum absolute atomic E-state index is 11.0. The molecular weight excluding hydrogens is 222 g/mol. The molecule has 0 aliphatic carbocycles. The Morgan fingerprint density at radius 2 is 1.67 bits per heavy atom. The summed E-state index contributed by atoms with van der Waals surface area (Å²) < 4.78 is 0. The third-order valence-electron chi connectivity index (χ3n) is 2.81. The number of hydrogen-bond acceptors (Lipinski definition) is 1. The van der Waals surface area contributed by atoms with Gasteiger partial charge in [0.05, 0.1) is 0 Å². The fraction of sp³-hybridized carbons (Fsp3) is 0.562. The molecule has 0 atom stereocenters. The van der Waals surface area contributed by atoms with Gasteiger partial charge in [0.2, 0.25) is 5.91 Å². The zero-order chi connectivity index (χ0) is 14.8. The summed E-state index contributed by atoms with van der Waals surface area (Å²) in [4.78, 5) is 11.0. The van der Waals surface area contributed by atoms with Crippen molar-refractivity contribution in [1.29, 1.82) is 0 Å². The number of rotatable bonds is 3. The summed E-state index contributed by atoms with van der Waals surface area (Å²) in [6.45, 7) is 14.5. The van der Waals surface area contributed by atoms with Crippen LogP contribution < -0.4 is 5.73 Å². The molecule has 104 valence electrons. The van der Waals surface area contributed by atoms with Crippen LogP contribution in [-0.4, -0.2) is 5.91 Å². The van der Waals surface area contributed by atoms with Crippen molar-refractivity contribution in [3.8, 4) is 0 Å². The van der Waals surface area contributed by atoms with Crippen molar-refractivity contribution >= 4 is 5.91 Å². The van der Waals surface area contributed by atoms with Gasteiger partial charge in [-0.05, 0) is 29.5 Å². The molecule has 0 heterocycles. The van der Waals surface area contributed by atoms with Crippen molar-refractivity contribution < 1.29 is 4.79 Å². The Hall–Kier alpha value is -1.31. The predicted octanol–water partition coefficient (Wildman–Crippen LogP) is 4.53. The quantitative estimate of drug-likeness (QED) is 0.843. The first-order valence-electron chi connectivity index (χ1n) is 6.87. The standard InChI is InChI=1S/C12H17NO.2C2H6/c1-4-12(2,3)10-7-5-6-9(8-10)11(13)14;2*1-2/h5-8H,4H2,1-3H3,(H2,13,14);2*1-2H3. The van der Waals surface area contributed by atoms with Gasteiger partial charge in [-0.2, -0.15) is 0 Å². The lowest BCUT2D eigenvalue weighted by atomic mass is 9.82. The lowest BCUT2D eigenvalue weighted by Gasteiger charge is -2.23. The molecule has 2 nitrogen and oxygen atoms in total. The maximum atomic E-state index is 11.0. The van der Waals surface area contributed by atoms with Gasteiger partial charge in [-0.3, -0.25) is 4.79 Å². The highest BCUT2D eigenvalue weighted by Crippen LogP contribution is 2.26. The Kier molecular flexibility index (Phi) is 10.3. The Labute approximate surface area is 113 Å². The predicted molar refractivity (Wildman–Crippen MR) is 81.0 cm³/mol. The maximum Gasteiger partial charge on any atom is 0.248 e. The first kappa shape index (κ1) is 19.0. The van der Waals surface area contributed by atoms with Gasteiger partial charge >= 0.3 is 0 Å². The molecule has 0 radical (unpaired) electrons. The number of carbonyl (C=O) groups is 1. The molecule has 0 bridgehead atoms. The topological polar surface area (TPSA) is 43.1 Å². The van der Waals surface area contributed by atoms with E-state index in [0.717, 1.165) is 12.0 Å². The summed E-state index contributed by atoms with van der Waals surface area (Å²) in [5.74, 6) is -0.362. The van der Waals surface area contributed by atoms with Crippen LogP contribution in [0.4, 0.5) is 0 Å². The monoisotopic (exact) mass is 251 g/mol. The van der Waals surface area contributed by atoms with E-state index in [4.69, 9.17) is 5.73 Å². The van der Waals surface area contributed by atoms with E-state index < -0.39 is 0 Å². The summed E-state index contributed by atoms with van der Waals surface area (Å²) in [5.41, 5.74) is 7.08. The zero-order valence-corrected chi connectivity index (χ0v) is 13.0. The van der Waals surface area contributed by atoms with Crippen LogP contribution >= 0.6 is 0 Å². The first-order valence-corrected chi connectivity index (χ1v) is 6.87. The van der Waals surface area contributed by atoms with Crippen LogP contribution in [0.3, 0.4) is 0 Å². The number of nitrogens with two attached hydrogens (primary N) is 1. The van der Waals surface area contributed by atoms with E-state index in [-0.39, 0.29) is 11.3 Å². The summed E-state index contributed by atoms with van der Waals surface area (Å²) in [6, 6.07) is 7.55. The molecule has 0 aromatic heterocycles. The highest BCUT2D eigenvalue weighted by atomic mass is 16.1. The summed E-state index contributed by atoms with van der Waals surface area (Å²) >= 11 is 0. The lowest BCUT2D eigenvalue weighted by molar-refractivity contribution is 0.1000. The number of primary amides is 1. The van der Waals surface area contributed by atoms with E-state index >= 15 is 0 Å². The largest absolute Gasteiger partial charge is 0.366 e. The first-order chi connectivity index (χ1) is 8.47. The van der Waals surface area contributed by atoms with Gasteiger partial charge < -0.3 is 5.73 Å². The molecule has 0 aliphatic heterocycles. The second-order valence-corrected chi connectivity index (χ2v) is 4.18. The molecule has 0 saturated heterocycles. The minimum absolute atomic E-state index is 0.103. The summed E-state index contributed by atoms with van der Waals surface area (Å²) in [6.07, 6.45) is 1.04. The second-order valence-electron chi connectivity index (χ2n) is 4.18. The summed E-state index contributed by atoms with van der Waals surface area (Å²) in [7, 11) is 0. The molecular formula is C16H29NO. The number of hydrogen-bond donors (Lipinski definition) is 1. The van der Waals surface area contributed by atoms with Crippen LogP contribution in [-0.2, 0) is 5.41 Å². The van der Waals surface area contributed by atoms with Crippen molar-refractivity contribution in [1.82, 2.24) is 0 Å². The van der Waals surface area contributed by atoms with Gasteiger partial charge in [-0.15, -0.1) is 0 Å². The van der Waals surface area contributed by atoms with E-state index in [1.165, 1.54) is 0 Å². The Morgan fingerprint density at radius 3 is 2.06 bits per heavy atom. The van der Waals surface area contributed by atoms with E-state index in [0.29, 0.717) is 5.56 Å². The molecule has 1 aromatic carbocycles. The van der Waals surface area contributed by atoms with Crippen LogP contribution in [0.2, 0.25) is 0 Å². The zero-order valence-electron chi connectivity index (χ0n) is 13.0. The third-order valence-corrected chi connectivity index (χ3v) is 2.81. The number of benzene rings is 1. The van der Waals surface area contributed by atoms with Gasteiger partial charge in [-0.25, -0.2) is 0 Å². The fourth-order valence-corrected chi connectivity index (χ4v) is 1.30. The highest BCUT2D eigenvalue weighted by Gasteiger charge is 2.18. The molecule has 0 saturated carbocycles. The minimum Gasteiger partial charge on any atom is -0.366 e. The SMILES string of the molecule is CC.CC.CCC(C)(C)c1cccc(C(N)=O)c1. The number of amides is 1. The Balaban J connectivity index is 0. The molecule has 0 aliphatic rings. The molecule has 0 spiro atoms. The molecule has 0 fully saturated rings. The normalized spacial score (nSPS) is 9.50. The van der Waals surface area contributed by atoms with Gasteiger partial charge in [0.15, 0.2) is 0 Å². The van der Waals surface area contributed by atoms with Crippen LogP contribution in [0, 0.1) is 0 Å². The molecule has 1 amide bonds. The van der Waals surface area contributed by atoms with Crippen LogP contribution in [0.25, 0.3) is 0 Å². The highest BCUT2D eigenvalue weighted by molar-refractivity contribution is 5.92. The molecule has 2 heteroatoms. The average molecular weight is 251 g/mol. The van der Waals surface area contributed by atoms with Gasteiger partial charge in [0.25, 0.3) is 0 Å². The van der Waals surface area contributed by atoms with Crippen molar-refractivity contribution in [3.63, 3.8) is 0 Å². The van der Waals surface area contributed by atoms with Crippen molar-refractivity contribution in [2.75, 3.05) is 0 Å². The molecule has 18 heavy (non-hydrogen) atoms. The van der Waals surface area contributed by atoms with E-state index in [9.17, 15) is 4.79 Å². The lowest BCUT2D eigenvalue weighted by Crippen LogP contribution is -2.17. The van der Waals surface area contributed by atoms with Crippen LogP contribution in [0.1, 0.15) is 70.8 Å². The summed E-state index contributed by atoms with van der Waals surface area (Å²) in [5, 5.41) is 0. The molecule has 0 unspecified atom stereocenters. The Bertz CT molecular complexity index is 343. The van der Waals surface area contributed by atoms with Crippen molar-refractivity contribution in [2.45, 2.75) is 60.3 Å². The van der Waals surface area contributed by atoms with Gasteiger partial charge in [0, 0.05) is 5.56 Å². The smallest absolute Gasteiger partial charge is 0.248 e. The van der Waals surface area contributed by atoms with E-state index in [2.05, 4.69) is 20.8 Å². The Morgan fingerprint density at radius 1 is 1.17 bits per heavy atom. The average Bonchev–Trinajstić information content (AvgIpc) is 2.43. The van der Waals surface area contributed by atoms with Crippen molar-refractivity contribution in [2.24, 2.45) is 5.73 Å². The van der Waals surface area contributed by atoms with E-state index in [1.807, 2.05) is 45.9 Å². The molecule has 1 rings (SSSR count).